The maximum absolute atomic E-state index is 4.43. The molecule has 1 heteroatoms. The van der Waals surface area contributed by atoms with Gasteiger partial charge in [0.15, 0.2) is 0 Å². The van der Waals surface area contributed by atoms with Crippen LogP contribution >= 0.6 is 6.89 Å². The predicted octanol–water partition coefficient (Wildman–Crippen LogP) is 18.9. The van der Waals surface area contributed by atoms with Crippen LogP contribution in [0.5, 0.6) is 0 Å². The molecule has 13 rings (SSSR count). The number of allylic oxidation sites excluding steroid dienone is 14. The van der Waals surface area contributed by atoms with E-state index >= 15 is 0 Å². The van der Waals surface area contributed by atoms with Crippen molar-refractivity contribution in [1.82, 2.24) is 0 Å². The van der Waals surface area contributed by atoms with E-state index in [1.807, 2.05) is 0 Å². The van der Waals surface area contributed by atoms with Crippen molar-refractivity contribution in [1.29, 1.82) is 0 Å². The molecule has 0 amide bonds. The summed E-state index contributed by atoms with van der Waals surface area (Å²) in [6, 6.07) is 71.4. The zero-order chi connectivity index (χ0) is 51.1. The number of rotatable bonds is 6. The SMILES string of the molecule is C=C1\C=C(c2cccc(-c3ccc(P4(c5ccc6c(c5)C(C)(C)c5cc(-c7ccc8ccccc8c7)ccc5-6)=CC5=C(C=C4)c4ccc(-c6ccc7ccccc7c6)cc4C5(C)C)cc3)c2)/C=C\C=C/C=C\C=C\1C. The summed E-state index contributed by atoms with van der Waals surface area (Å²) in [6.07, 6.45) is 19.4. The van der Waals surface area contributed by atoms with E-state index in [-0.39, 0.29) is 10.8 Å². The largest absolute Gasteiger partial charge is 0.0915 e. The number of fused-ring (bicyclic) bond motifs is 7. The van der Waals surface area contributed by atoms with Gasteiger partial charge in [0.05, 0.1) is 0 Å². The van der Waals surface area contributed by atoms with Crippen LogP contribution in [0.25, 0.3) is 77.2 Å². The Morgan fingerprint density at radius 3 is 1.61 bits per heavy atom. The van der Waals surface area contributed by atoms with Crippen LogP contribution in [0.2, 0.25) is 0 Å². The predicted molar refractivity (Wildman–Crippen MR) is 328 cm³/mol. The molecule has 4 aliphatic rings. The molecular formula is C74H59P. The molecule has 0 saturated carbocycles. The summed E-state index contributed by atoms with van der Waals surface area (Å²) in [7, 11) is 0. The zero-order valence-corrected chi connectivity index (χ0v) is 44.3. The van der Waals surface area contributed by atoms with Gasteiger partial charge in [0, 0.05) is 10.8 Å². The van der Waals surface area contributed by atoms with E-state index in [1.165, 1.54) is 110 Å². The Hall–Kier alpha value is -8.28. The van der Waals surface area contributed by atoms with Crippen molar-refractivity contribution in [3.63, 3.8) is 0 Å². The van der Waals surface area contributed by atoms with E-state index in [0.717, 1.165) is 22.3 Å². The van der Waals surface area contributed by atoms with Gasteiger partial charge in [-0.25, -0.2) is 0 Å². The van der Waals surface area contributed by atoms with E-state index in [0.29, 0.717) is 0 Å². The molecule has 0 fully saturated rings. The normalized spacial score (nSPS) is 20.6. The monoisotopic (exact) mass is 978 g/mol. The number of hydrogen-bond donors (Lipinski definition) is 0. The minimum absolute atomic E-state index is 0.203. The van der Waals surface area contributed by atoms with E-state index < -0.39 is 6.89 Å². The van der Waals surface area contributed by atoms with Gasteiger partial charge in [-0.1, -0.05) is 240 Å². The van der Waals surface area contributed by atoms with Crippen LogP contribution in [0.15, 0.2) is 272 Å². The van der Waals surface area contributed by atoms with Crippen LogP contribution in [0.3, 0.4) is 0 Å². The van der Waals surface area contributed by atoms with Crippen LogP contribution in [0.1, 0.15) is 62.4 Å². The van der Waals surface area contributed by atoms with Crippen LogP contribution < -0.4 is 10.6 Å². The van der Waals surface area contributed by atoms with Crippen LogP contribution in [0, 0.1) is 0 Å². The van der Waals surface area contributed by atoms with Crippen molar-refractivity contribution < 1.29 is 0 Å². The van der Waals surface area contributed by atoms with Gasteiger partial charge in [-0.15, -0.1) is 0 Å². The first-order valence-corrected chi connectivity index (χ1v) is 28.3. The highest BCUT2D eigenvalue weighted by molar-refractivity contribution is 7.91. The second-order valence-corrected chi connectivity index (χ2v) is 25.0. The highest BCUT2D eigenvalue weighted by Gasteiger charge is 2.41. The molecule has 0 N–H and O–H groups in total. The van der Waals surface area contributed by atoms with Crippen molar-refractivity contribution in [3.05, 3.63) is 300 Å². The average molecular weight is 979 g/mol. The average Bonchev–Trinajstić information content (AvgIpc) is 3.98. The molecule has 1 aliphatic heterocycles. The van der Waals surface area contributed by atoms with Crippen molar-refractivity contribution >= 4 is 56.0 Å². The fourth-order valence-electron chi connectivity index (χ4n) is 12.3. The summed E-state index contributed by atoms with van der Waals surface area (Å²) >= 11 is 0. The molecule has 1 atom stereocenters. The molecule has 0 nitrogen and oxygen atoms in total. The third kappa shape index (κ3) is 7.91. The van der Waals surface area contributed by atoms with Crippen molar-refractivity contribution in [2.75, 3.05) is 0 Å². The highest BCUT2D eigenvalue weighted by Crippen LogP contribution is 2.59. The molecule has 1 unspecified atom stereocenters. The molecule has 75 heavy (non-hydrogen) atoms. The first-order chi connectivity index (χ1) is 36.4. The third-order valence-corrected chi connectivity index (χ3v) is 20.3. The van der Waals surface area contributed by atoms with Crippen LogP contribution in [-0.2, 0) is 10.8 Å². The van der Waals surface area contributed by atoms with Gasteiger partial charge in [0.25, 0.3) is 0 Å². The lowest BCUT2D eigenvalue weighted by Crippen LogP contribution is -2.25. The Morgan fingerprint density at radius 1 is 0.400 bits per heavy atom. The summed E-state index contributed by atoms with van der Waals surface area (Å²) in [5.74, 6) is 5.34. The Morgan fingerprint density at radius 2 is 0.920 bits per heavy atom. The lowest BCUT2D eigenvalue weighted by Gasteiger charge is -2.32. The van der Waals surface area contributed by atoms with Gasteiger partial charge < -0.3 is 0 Å². The first kappa shape index (κ1) is 46.5. The Kier molecular flexibility index (Phi) is 11.2. The van der Waals surface area contributed by atoms with Crippen LogP contribution in [0.4, 0.5) is 0 Å². The van der Waals surface area contributed by atoms with Crippen molar-refractivity contribution in [3.8, 4) is 44.5 Å². The fraction of sp³-hybridized carbons (Fsp3) is 0.0946. The summed E-state index contributed by atoms with van der Waals surface area (Å²) in [4.78, 5) is 0. The molecule has 0 bridgehead atoms. The number of benzene rings is 9. The minimum atomic E-state index is -2.32. The molecular weight excluding hydrogens is 920 g/mol. The molecule has 3 aliphatic carbocycles. The van der Waals surface area contributed by atoms with Gasteiger partial charge in [0.1, 0.15) is 0 Å². The first-order valence-electron chi connectivity index (χ1n) is 26.4. The Labute approximate surface area is 443 Å². The van der Waals surface area contributed by atoms with Crippen LogP contribution in [-0.4, -0.2) is 5.80 Å². The molecule has 0 spiro atoms. The summed E-state index contributed by atoms with van der Waals surface area (Å²) in [5, 5.41) is 7.81. The zero-order valence-electron chi connectivity index (χ0n) is 43.4. The summed E-state index contributed by atoms with van der Waals surface area (Å²) in [5.41, 5.74) is 22.4. The van der Waals surface area contributed by atoms with Gasteiger partial charge in [-0.05, 0) is 194 Å². The van der Waals surface area contributed by atoms with E-state index in [4.69, 9.17) is 0 Å². The molecule has 1 heterocycles. The topological polar surface area (TPSA) is 0 Å². The lowest BCUT2D eigenvalue weighted by atomic mass is 9.81. The fourth-order valence-corrected chi connectivity index (χ4v) is 15.8. The molecule has 360 valence electrons. The lowest BCUT2D eigenvalue weighted by molar-refractivity contribution is 0.661. The Balaban J connectivity index is 0.920. The summed E-state index contributed by atoms with van der Waals surface area (Å²) < 4.78 is 0. The van der Waals surface area contributed by atoms with E-state index in [1.54, 1.807) is 0 Å². The smallest absolute Gasteiger partial charge is 0.0159 e. The molecule has 9 aromatic carbocycles. The second-order valence-electron chi connectivity index (χ2n) is 21.9. The van der Waals surface area contributed by atoms with E-state index in [9.17, 15) is 0 Å². The summed E-state index contributed by atoms with van der Waals surface area (Å²) in [6.45, 7) is 14.0. The molecule has 9 aromatic rings. The molecule has 0 saturated heterocycles. The Bertz CT molecular complexity index is 4180. The van der Waals surface area contributed by atoms with Gasteiger partial charge in [0.2, 0.25) is 0 Å². The minimum Gasteiger partial charge on any atom is -0.0915 e. The van der Waals surface area contributed by atoms with Crippen molar-refractivity contribution in [2.24, 2.45) is 0 Å². The molecule has 0 aromatic heterocycles. The second kappa shape index (κ2) is 18.0. The van der Waals surface area contributed by atoms with Gasteiger partial charge in [-0.2, -0.15) is 0 Å². The van der Waals surface area contributed by atoms with E-state index in [2.05, 4.69) is 296 Å². The molecule has 0 radical (unpaired) electrons. The maximum atomic E-state index is 4.43. The third-order valence-electron chi connectivity index (χ3n) is 16.7. The highest BCUT2D eigenvalue weighted by atomic mass is 31.2. The number of hydrogen-bond acceptors (Lipinski definition) is 0. The maximum Gasteiger partial charge on any atom is 0.0159 e. The van der Waals surface area contributed by atoms with Gasteiger partial charge in [-0.3, -0.25) is 0 Å². The quantitative estimate of drug-likeness (QED) is 0.146. The standard InChI is InChI=1S/C74H59P/c1-49-17-10-8-7-9-11-20-54(41-50(49)2)58-24-16-23-57(42-58)53-29-33-63(34-30-53)75(40-39-68-66-37-32-62(46-70(66)74(5,6)72(68)48-75)60-28-26-52-19-13-15-22-56(52)44-60)64-35-38-67-65-36-31-61(45-69(65)73(3,4)71(67)47-64)59-27-25-51-18-12-14-21-55(51)43-59/h7-48H,2H2,1,3-6H3/b9-7-,10-8-,20-11-,49-17+,54-41+. The van der Waals surface area contributed by atoms with Crippen molar-refractivity contribution in [2.45, 2.75) is 45.4 Å². The van der Waals surface area contributed by atoms with Gasteiger partial charge >= 0.3 is 0 Å².